The predicted octanol–water partition coefficient (Wildman–Crippen LogP) is 2.28. The molecule has 1 aromatic rings. The zero-order valence-electron chi connectivity index (χ0n) is 9.62. The van der Waals surface area contributed by atoms with Crippen molar-refractivity contribution < 1.29 is 9.53 Å². The molecule has 0 radical (unpaired) electrons. The highest BCUT2D eigenvalue weighted by Gasteiger charge is 2.39. The van der Waals surface area contributed by atoms with Gasteiger partial charge in [0.25, 0.3) is 0 Å². The maximum Gasteiger partial charge on any atom is 0.170 e. The summed E-state index contributed by atoms with van der Waals surface area (Å²) in [5, 5.41) is 0.579. The van der Waals surface area contributed by atoms with Crippen LogP contribution in [0.4, 0.5) is 0 Å². The third-order valence-electron chi connectivity index (χ3n) is 3.41. The zero-order valence-corrected chi connectivity index (χ0v) is 10.4. The fourth-order valence-corrected chi connectivity index (χ4v) is 2.41. The van der Waals surface area contributed by atoms with E-state index in [9.17, 15) is 4.79 Å². The van der Waals surface area contributed by atoms with Crippen LogP contribution in [0.3, 0.4) is 0 Å². The van der Waals surface area contributed by atoms with E-state index >= 15 is 0 Å². The maximum absolute atomic E-state index is 12.5. The molecule has 0 unspecified atom stereocenters. The summed E-state index contributed by atoms with van der Waals surface area (Å²) in [7, 11) is 0. The molecule has 1 saturated heterocycles. The quantitative estimate of drug-likeness (QED) is 0.841. The van der Waals surface area contributed by atoms with E-state index in [2.05, 4.69) is 0 Å². The molecule has 2 N–H and O–H groups in total. The highest BCUT2D eigenvalue weighted by Crippen LogP contribution is 2.33. The van der Waals surface area contributed by atoms with Crippen molar-refractivity contribution in [3.8, 4) is 0 Å². The number of ether oxygens (including phenoxy) is 1. The van der Waals surface area contributed by atoms with Crippen LogP contribution < -0.4 is 5.73 Å². The van der Waals surface area contributed by atoms with E-state index in [-0.39, 0.29) is 5.78 Å². The van der Waals surface area contributed by atoms with Crippen LogP contribution in [-0.2, 0) is 4.74 Å². The van der Waals surface area contributed by atoms with Gasteiger partial charge in [0.15, 0.2) is 5.78 Å². The Balaban J connectivity index is 2.28. The third-order valence-corrected chi connectivity index (χ3v) is 3.64. The van der Waals surface area contributed by atoms with E-state index < -0.39 is 5.41 Å². The molecular weight excluding hydrogens is 238 g/mol. The van der Waals surface area contributed by atoms with Crippen molar-refractivity contribution in [1.82, 2.24) is 0 Å². The lowest BCUT2D eigenvalue weighted by Gasteiger charge is -2.34. The fourth-order valence-electron chi connectivity index (χ4n) is 2.22. The topological polar surface area (TPSA) is 52.3 Å². The number of halogens is 1. The summed E-state index contributed by atoms with van der Waals surface area (Å²) in [5.74, 6) is 0.0887. The van der Waals surface area contributed by atoms with Crippen molar-refractivity contribution in [1.29, 1.82) is 0 Å². The second-order valence-electron chi connectivity index (χ2n) is 4.44. The molecule has 0 aromatic heterocycles. The summed E-state index contributed by atoms with van der Waals surface area (Å²) in [6, 6.07) is 7.05. The molecule has 0 aliphatic carbocycles. The van der Waals surface area contributed by atoms with E-state index in [1.807, 2.05) is 0 Å². The SMILES string of the molecule is NCC1(C(=O)c2cccc(Cl)c2)CCOCC1. The lowest BCUT2D eigenvalue weighted by molar-refractivity contribution is 0.0200. The van der Waals surface area contributed by atoms with Gasteiger partial charge in [-0.3, -0.25) is 4.79 Å². The Bertz CT molecular complexity index is 414. The summed E-state index contributed by atoms with van der Waals surface area (Å²) < 4.78 is 5.30. The summed E-state index contributed by atoms with van der Waals surface area (Å²) in [6.07, 6.45) is 1.38. The molecule has 1 heterocycles. The highest BCUT2D eigenvalue weighted by molar-refractivity contribution is 6.31. The number of nitrogens with two attached hydrogens (primary N) is 1. The van der Waals surface area contributed by atoms with Crippen LogP contribution in [0.1, 0.15) is 23.2 Å². The molecule has 0 amide bonds. The summed E-state index contributed by atoms with van der Waals surface area (Å²) in [4.78, 5) is 12.5. The normalized spacial score (nSPS) is 18.9. The van der Waals surface area contributed by atoms with Crippen LogP contribution in [0, 0.1) is 5.41 Å². The number of hydrogen-bond acceptors (Lipinski definition) is 3. The summed E-state index contributed by atoms with van der Waals surface area (Å²) in [6.45, 7) is 1.56. The first-order chi connectivity index (χ1) is 8.18. The Morgan fingerprint density at radius 2 is 2.12 bits per heavy atom. The number of rotatable bonds is 3. The third kappa shape index (κ3) is 2.51. The standard InChI is InChI=1S/C13H16ClNO2/c14-11-3-1-2-10(8-11)12(16)13(9-15)4-6-17-7-5-13/h1-3,8H,4-7,9,15H2. The maximum atomic E-state index is 12.5. The van der Waals surface area contributed by atoms with Gasteiger partial charge in [0.05, 0.1) is 5.41 Å². The number of ketones is 1. The van der Waals surface area contributed by atoms with E-state index in [0.717, 1.165) is 0 Å². The minimum Gasteiger partial charge on any atom is -0.381 e. The van der Waals surface area contributed by atoms with Crippen LogP contribution >= 0.6 is 11.6 Å². The number of carbonyl (C=O) groups excluding carboxylic acids is 1. The monoisotopic (exact) mass is 253 g/mol. The average molecular weight is 254 g/mol. The molecule has 3 nitrogen and oxygen atoms in total. The smallest absolute Gasteiger partial charge is 0.170 e. The molecule has 0 atom stereocenters. The van der Waals surface area contributed by atoms with Gasteiger partial charge in [-0.1, -0.05) is 23.7 Å². The van der Waals surface area contributed by atoms with Crippen LogP contribution in [0.25, 0.3) is 0 Å². The van der Waals surface area contributed by atoms with Gasteiger partial charge < -0.3 is 10.5 Å². The van der Waals surface area contributed by atoms with E-state index in [1.165, 1.54) is 0 Å². The lowest BCUT2D eigenvalue weighted by Crippen LogP contribution is -2.43. The Labute approximate surface area is 106 Å². The van der Waals surface area contributed by atoms with Crippen LogP contribution in [0.15, 0.2) is 24.3 Å². The van der Waals surface area contributed by atoms with Gasteiger partial charge in [-0.25, -0.2) is 0 Å². The lowest BCUT2D eigenvalue weighted by atomic mass is 9.74. The van der Waals surface area contributed by atoms with E-state index in [4.69, 9.17) is 22.1 Å². The molecule has 1 aliphatic heterocycles. The molecule has 1 fully saturated rings. The van der Waals surface area contributed by atoms with Crippen molar-refractivity contribution in [2.75, 3.05) is 19.8 Å². The van der Waals surface area contributed by atoms with Crippen LogP contribution in [0.2, 0.25) is 5.02 Å². The van der Waals surface area contributed by atoms with Gasteiger partial charge >= 0.3 is 0 Å². The average Bonchev–Trinajstić information content (AvgIpc) is 2.38. The molecule has 1 aromatic carbocycles. The van der Waals surface area contributed by atoms with Crippen LogP contribution in [-0.4, -0.2) is 25.5 Å². The zero-order chi connectivity index (χ0) is 12.3. The highest BCUT2D eigenvalue weighted by atomic mass is 35.5. The minimum absolute atomic E-state index is 0.0887. The minimum atomic E-state index is -0.469. The fraction of sp³-hybridized carbons (Fsp3) is 0.462. The Kier molecular flexibility index (Phi) is 3.82. The first-order valence-electron chi connectivity index (χ1n) is 5.76. The van der Waals surface area contributed by atoms with Gasteiger partial charge in [0.2, 0.25) is 0 Å². The van der Waals surface area contributed by atoms with Crippen molar-refractivity contribution in [3.05, 3.63) is 34.9 Å². The van der Waals surface area contributed by atoms with Crippen molar-refractivity contribution in [3.63, 3.8) is 0 Å². The van der Waals surface area contributed by atoms with Crippen LogP contribution in [0.5, 0.6) is 0 Å². The van der Waals surface area contributed by atoms with Gasteiger partial charge in [0, 0.05) is 30.3 Å². The van der Waals surface area contributed by atoms with Crippen molar-refractivity contribution in [2.24, 2.45) is 11.1 Å². The predicted molar refractivity (Wildman–Crippen MR) is 67.3 cm³/mol. The first-order valence-corrected chi connectivity index (χ1v) is 6.14. The first kappa shape index (κ1) is 12.6. The summed E-state index contributed by atoms with van der Waals surface area (Å²) in [5.41, 5.74) is 5.98. The Morgan fingerprint density at radius 3 is 2.71 bits per heavy atom. The Morgan fingerprint density at radius 1 is 1.41 bits per heavy atom. The van der Waals surface area contributed by atoms with E-state index in [0.29, 0.717) is 43.2 Å². The molecule has 2 rings (SSSR count). The molecule has 0 saturated carbocycles. The summed E-state index contributed by atoms with van der Waals surface area (Å²) >= 11 is 5.91. The molecule has 17 heavy (non-hydrogen) atoms. The molecule has 1 aliphatic rings. The molecule has 0 bridgehead atoms. The van der Waals surface area contributed by atoms with Crippen molar-refractivity contribution >= 4 is 17.4 Å². The van der Waals surface area contributed by atoms with E-state index in [1.54, 1.807) is 24.3 Å². The van der Waals surface area contributed by atoms with Crippen molar-refractivity contribution in [2.45, 2.75) is 12.8 Å². The molecule has 0 spiro atoms. The van der Waals surface area contributed by atoms with Gasteiger partial charge in [-0.05, 0) is 25.0 Å². The number of Topliss-reactive ketones (excluding diaryl/α,β-unsaturated/α-hetero) is 1. The second-order valence-corrected chi connectivity index (χ2v) is 4.87. The molecule has 4 heteroatoms. The number of benzene rings is 1. The molecule has 92 valence electrons. The molecular formula is C13H16ClNO2. The largest absolute Gasteiger partial charge is 0.381 e. The van der Waals surface area contributed by atoms with Gasteiger partial charge in [-0.2, -0.15) is 0 Å². The number of hydrogen-bond donors (Lipinski definition) is 1. The Hall–Kier alpha value is -0.900. The van der Waals surface area contributed by atoms with Gasteiger partial charge in [0.1, 0.15) is 0 Å². The second kappa shape index (κ2) is 5.17. The van der Waals surface area contributed by atoms with Gasteiger partial charge in [-0.15, -0.1) is 0 Å². The number of carbonyl (C=O) groups is 1.